The smallest absolute Gasteiger partial charge is 0.250 e. The van der Waals surface area contributed by atoms with Crippen molar-refractivity contribution in [2.45, 2.75) is 6.18 Å². The lowest BCUT2D eigenvalue weighted by molar-refractivity contribution is -0.137. The standard InChI is InChI=1S/C16H8F3N3/c17-16(18,19)13-5-2-1-4-11(13)7-8-12-10-21-14-6-3-9-20-15(14)22-12/h1-6,9-10H. The van der Waals surface area contributed by atoms with Crippen LogP contribution < -0.4 is 0 Å². The molecule has 0 saturated heterocycles. The fourth-order valence-corrected chi connectivity index (χ4v) is 1.88. The minimum Gasteiger partial charge on any atom is -0.250 e. The summed E-state index contributed by atoms with van der Waals surface area (Å²) in [6.07, 6.45) is -1.47. The highest BCUT2D eigenvalue weighted by Crippen LogP contribution is 2.31. The molecule has 0 spiro atoms. The molecule has 1 aromatic carbocycles. The fourth-order valence-electron chi connectivity index (χ4n) is 1.88. The van der Waals surface area contributed by atoms with Gasteiger partial charge in [0, 0.05) is 11.8 Å². The number of alkyl halides is 3. The van der Waals surface area contributed by atoms with Gasteiger partial charge in [-0.2, -0.15) is 13.2 Å². The molecule has 6 heteroatoms. The lowest BCUT2D eigenvalue weighted by atomic mass is 10.1. The van der Waals surface area contributed by atoms with Crippen LogP contribution >= 0.6 is 0 Å². The average Bonchev–Trinajstić information content (AvgIpc) is 2.52. The van der Waals surface area contributed by atoms with Crippen molar-refractivity contribution in [1.29, 1.82) is 0 Å². The number of rotatable bonds is 0. The molecule has 0 aliphatic rings. The molecule has 0 amide bonds. The zero-order chi connectivity index (χ0) is 15.6. The highest BCUT2D eigenvalue weighted by molar-refractivity contribution is 5.69. The number of nitrogens with zero attached hydrogens (tertiary/aromatic N) is 3. The summed E-state index contributed by atoms with van der Waals surface area (Å²) >= 11 is 0. The Morgan fingerprint density at radius 1 is 0.909 bits per heavy atom. The second kappa shape index (κ2) is 5.45. The van der Waals surface area contributed by atoms with E-state index >= 15 is 0 Å². The minimum atomic E-state index is -4.44. The van der Waals surface area contributed by atoms with E-state index in [1.54, 1.807) is 18.3 Å². The summed E-state index contributed by atoms with van der Waals surface area (Å²) in [6.45, 7) is 0. The van der Waals surface area contributed by atoms with Gasteiger partial charge in [-0.05, 0) is 30.2 Å². The molecule has 2 aromatic heterocycles. The molecule has 0 unspecified atom stereocenters. The van der Waals surface area contributed by atoms with Crippen LogP contribution in [0.4, 0.5) is 13.2 Å². The van der Waals surface area contributed by atoms with Gasteiger partial charge >= 0.3 is 6.18 Å². The molecular formula is C16H8F3N3. The zero-order valence-electron chi connectivity index (χ0n) is 11.1. The Kier molecular flexibility index (Phi) is 3.47. The summed E-state index contributed by atoms with van der Waals surface area (Å²) in [6, 6.07) is 8.62. The van der Waals surface area contributed by atoms with Gasteiger partial charge in [0.25, 0.3) is 0 Å². The van der Waals surface area contributed by atoms with Crippen LogP contribution in [0.2, 0.25) is 0 Å². The van der Waals surface area contributed by atoms with E-state index in [1.807, 2.05) is 0 Å². The van der Waals surface area contributed by atoms with E-state index in [0.717, 1.165) is 6.07 Å². The second-order valence-electron chi connectivity index (χ2n) is 4.39. The van der Waals surface area contributed by atoms with Gasteiger partial charge in [0.1, 0.15) is 11.2 Å². The average molecular weight is 299 g/mol. The molecule has 0 fully saturated rings. The van der Waals surface area contributed by atoms with Gasteiger partial charge in [-0.25, -0.2) is 15.0 Å². The van der Waals surface area contributed by atoms with Crippen LogP contribution in [0.3, 0.4) is 0 Å². The normalized spacial score (nSPS) is 11.0. The number of hydrogen-bond donors (Lipinski definition) is 0. The fraction of sp³-hybridized carbons (Fsp3) is 0.0625. The molecule has 22 heavy (non-hydrogen) atoms. The van der Waals surface area contributed by atoms with Crippen molar-refractivity contribution in [1.82, 2.24) is 15.0 Å². The summed E-state index contributed by atoms with van der Waals surface area (Å²) < 4.78 is 38.6. The third kappa shape index (κ3) is 2.88. The van der Waals surface area contributed by atoms with Gasteiger partial charge in [-0.15, -0.1) is 0 Å². The quantitative estimate of drug-likeness (QED) is 0.597. The van der Waals surface area contributed by atoms with Crippen molar-refractivity contribution in [3.05, 3.63) is 65.6 Å². The Hall–Kier alpha value is -2.94. The van der Waals surface area contributed by atoms with Crippen molar-refractivity contribution in [3.63, 3.8) is 0 Å². The molecule has 3 nitrogen and oxygen atoms in total. The third-order valence-electron chi connectivity index (χ3n) is 2.88. The van der Waals surface area contributed by atoms with Gasteiger partial charge < -0.3 is 0 Å². The molecular weight excluding hydrogens is 291 g/mol. The maximum Gasteiger partial charge on any atom is 0.417 e. The molecule has 2 heterocycles. The lowest BCUT2D eigenvalue weighted by Gasteiger charge is -2.07. The van der Waals surface area contributed by atoms with Crippen molar-refractivity contribution in [2.75, 3.05) is 0 Å². The molecule has 0 aliphatic heterocycles. The van der Waals surface area contributed by atoms with E-state index in [9.17, 15) is 13.2 Å². The van der Waals surface area contributed by atoms with E-state index in [4.69, 9.17) is 0 Å². The lowest BCUT2D eigenvalue weighted by Crippen LogP contribution is -2.07. The van der Waals surface area contributed by atoms with Gasteiger partial charge in [0.15, 0.2) is 5.65 Å². The summed E-state index contributed by atoms with van der Waals surface area (Å²) in [5.74, 6) is 5.10. The highest BCUT2D eigenvalue weighted by Gasteiger charge is 2.32. The van der Waals surface area contributed by atoms with E-state index in [1.165, 1.54) is 24.4 Å². The first-order chi connectivity index (χ1) is 10.5. The Morgan fingerprint density at radius 3 is 2.55 bits per heavy atom. The maximum atomic E-state index is 12.9. The first kappa shape index (κ1) is 14.0. The maximum absolute atomic E-state index is 12.9. The van der Waals surface area contributed by atoms with Crippen LogP contribution in [0.25, 0.3) is 11.2 Å². The first-order valence-corrected chi connectivity index (χ1v) is 6.30. The van der Waals surface area contributed by atoms with Crippen LogP contribution in [0.5, 0.6) is 0 Å². The molecule has 0 atom stereocenters. The SMILES string of the molecule is FC(F)(F)c1ccccc1C#Cc1cnc2cccnc2n1. The van der Waals surface area contributed by atoms with Crippen LogP contribution in [-0.2, 0) is 6.18 Å². The number of pyridine rings is 1. The molecule has 108 valence electrons. The summed E-state index contributed by atoms with van der Waals surface area (Å²) in [7, 11) is 0. The molecule has 0 saturated carbocycles. The minimum absolute atomic E-state index is 0.0992. The van der Waals surface area contributed by atoms with Crippen LogP contribution in [0.1, 0.15) is 16.8 Å². The topological polar surface area (TPSA) is 38.7 Å². The Bertz CT molecular complexity index is 892. The number of hydrogen-bond acceptors (Lipinski definition) is 3. The highest BCUT2D eigenvalue weighted by atomic mass is 19.4. The summed E-state index contributed by atoms with van der Waals surface area (Å²) in [5.41, 5.74) is 0.401. The van der Waals surface area contributed by atoms with Crippen molar-refractivity contribution < 1.29 is 13.2 Å². The van der Waals surface area contributed by atoms with Crippen molar-refractivity contribution >= 4 is 11.2 Å². The molecule has 0 aliphatic carbocycles. The Balaban J connectivity index is 2.02. The molecule has 0 N–H and O–H groups in total. The largest absolute Gasteiger partial charge is 0.417 e. The van der Waals surface area contributed by atoms with Crippen LogP contribution in [0, 0.1) is 11.8 Å². The van der Waals surface area contributed by atoms with E-state index in [2.05, 4.69) is 26.8 Å². The van der Waals surface area contributed by atoms with E-state index in [-0.39, 0.29) is 11.3 Å². The number of aromatic nitrogens is 3. The van der Waals surface area contributed by atoms with Crippen LogP contribution in [0.15, 0.2) is 48.8 Å². The summed E-state index contributed by atoms with van der Waals surface area (Å²) in [5, 5.41) is 0. The molecule has 3 rings (SSSR count). The van der Waals surface area contributed by atoms with Gasteiger partial charge in [0.05, 0.1) is 11.8 Å². The number of halogens is 3. The van der Waals surface area contributed by atoms with Gasteiger partial charge in [0.2, 0.25) is 0 Å². The Morgan fingerprint density at radius 2 is 1.73 bits per heavy atom. The summed E-state index contributed by atoms with van der Waals surface area (Å²) in [4.78, 5) is 12.3. The third-order valence-corrected chi connectivity index (χ3v) is 2.88. The molecule has 3 aromatic rings. The molecule has 0 radical (unpaired) electrons. The first-order valence-electron chi connectivity index (χ1n) is 6.30. The number of benzene rings is 1. The van der Waals surface area contributed by atoms with Crippen molar-refractivity contribution in [3.8, 4) is 11.8 Å². The molecule has 0 bridgehead atoms. The monoisotopic (exact) mass is 299 g/mol. The van der Waals surface area contributed by atoms with E-state index in [0.29, 0.717) is 11.2 Å². The zero-order valence-corrected chi connectivity index (χ0v) is 11.1. The van der Waals surface area contributed by atoms with Gasteiger partial charge in [-0.3, -0.25) is 0 Å². The van der Waals surface area contributed by atoms with Crippen molar-refractivity contribution in [2.24, 2.45) is 0 Å². The number of fused-ring (bicyclic) bond motifs is 1. The Labute approximate surface area is 123 Å². The van der Waals surface area contributed by atoms with E-state index < -0.39 is 11.7 Å². The van der Waals surface area contributed by atoms with Crippen LogP contribution in [-0.4, -0.2) is 15.0 Å². The predicted molar refractivity (Wildman–Crippen MR) is 74.8 cm³/mol. The van der Waals surface area contributed by atoms with Gasteiger partial charge in [-0.1, -0.05) is 18.1 Å². The second-order valence-corrected chi connectivity index (χ2v) is 4.39. The predicted octanol–water partition coefficient (Wildman–Crippen LogP) is 3.44.